The first-order chi connectivity index (χ1) is 11.1. The van der Waals surface area contributed by atoms with Crippen LogP contribution in [0, 0.1) is 0 Å². The first kappa shape index (κ1) is 26.3. The Kier molecular flexibility index (Phi) is 21.3. The fourth-order valence-corrected chi connectivity index (χ4v) is 3.04. The third-order valence-electron chi connectivity index (χ3n) is 4.71. The zero-order valence-electron chi connectivity index (χ0n) is 17.2. The van der Waals surface area contributed by atoms with Gasteiger partial charge < -0.3 is 21.5 Å². The Bertz CT molecular complexity index is 265. The molecule has 0 amide bonds. The number of nitrogens with zero attached hydrogens (tertiary/aromatic N) is 2. The number of hydrogen-bond acceptors (Lipinski definition) is 1. The normalized spacial score (nSPS) is 11.8. The molecule has 0 saturated heterocycles. The Balaban J connectivity index is 0. The van der Waals surface area contributed by atoms with Crippen LogP contribution in [-0.4, -0.2) is 44.4 Å². The molecule has 0 aliphatic rings. The smallest absolute Gasteiger partial charge is 0.0800 e. The summed E-state index contributed by atoms with van der Waals surface area (Å²) in [6, 6.07) is 0. The Morgan fingerprint density at radius 3 is 1.71 bits per heavy atom. The summed E-state index contributed by atoms with van der Waals surface area (Å²) in [6.07, 6.45) is 20.0. The van der Waals surface area contributed by atoms with Crippen molar-refractivity contribution >= 4 is 6.21 Å². The standard InChI is InChI=1S/C21H45N2.BrH/c1-5-7-9-10-11-12-13-14-15-16-20-23(3,4)21-17-19-22-18-8-6-2;/h18H,5-17,19-21H2,1-4H3;1H/q+1;/p-1. The number of quaternary nitrogens is 1. The van der Waals surface area contributed by atoms with Gasteiger partial charge in [0.2, 0.25) is 0 Å². The molecule has 0 aromatic heterocycles. The van der Waals surface area contributed by atoms with E-state index < -0.39 is 0 Å². The summed E-state index contributed by atoms with van der Waals surface area (Å²) in [5.41, 5.74) is 0. The predicted octanol–water partition coefficient (Wildman–Crippen LogP) is 3.25. The third kappa shape index (κ3) is 20.2. The maximum atomic E-state index is 4.49. The fraction of sp³-hybridized carbons (Fsp3) is 0.952. The summed E-state index contributed by atoms with van der Waals surface area (Å²) < 4.78 is 1.17. The van der Waals surface area contributed by atoms with Gasteiger partial charge in [0, 0.05) is 13.0 Å². The van der Waals surface area contributed by atoms with Gasteiger partial charge in [-0.2, -0.15) is 0 Å². The van der Waals surface area contributed by atoms with E-state index in [1.807, 2.05) is 0 Å². The van der Waals surface area contributed by atoms with Crippen LogP contribution in [0.25, 0.3) is 0 Å². The van der Waals surface area contributed by atoms with E-state index >= 15 is 0 Å². The average molecular weight is 406 g/mol. The fourth-order valence-electron chi connectivity index (χ4n) is 3.04. The predicted molar refractivity (Wildman–Crippen MR) is 107 cm³/mol. The second-order valence-electron chi connectivity index (χ2n) is 7.80. The lowest BCUT2D eigenvalue weighted by molar-refractivity contribution is -0.890. The number of unbranched alkanes of at least 4 members (excludes halogenated alkanes) is 10. The molecule has 0 N–H and O–H groups in total. The van der Waals surface area contributed by atoms with Gasteiger partial charge in [-0.1, -0.05) is 71.6 Å². The Morgan fingerprint density at radius 2 is 1.17 bits per heavy atom. The molecular formula is C21H45BrN2. The van der Waals surface area contributed by atoms with E-state index in [9.17, 15) is 0 Å². The highest BCUT2D eigenvalue weighted by molar-refractivity contribution is 5.56. The van der Waals surface area contributed by atoms with Gasteiger partial charge >= 0.3 is 0 Å². The molecule has 0 aliphatic heterocycles. The first-order valence-electron chi connectivity index (χ1n) is 10.4. The monoisotopic (exact) mass is 404 g/mol. The lowest BCUT2D eigenvalue weighted by Crippen LogP contribution is -3.00. The molecule has 0 atom stereocenters. The highest BCUT2D eigenvalue weighted by Crippen LogP contribution is 2.11. The van der Waals surface area contributed by atoms with Gasteiger partial charge in [0.05, 0.1) is 27.2 Å². The molecule has 0 spiro atoms. The molecule has 0 heterocycles. The largest absolute Gasteiger partial charge is 1.00 e. The summed E-state index contributed by atoms with van der Waals surface area (Å²) in [6.45, 7) is 8.11. The van der Waals surface area contributed by atoms with Crippen molar-refractivity contribution in [2.24, 2.45) is 4.99 Å². The van der Waals surface area contributed by atoms with E-state index in [-0.39, 0.29) is 17.0 Å². The molecule has 146 valence electrons. The number of rotatable bonds is 17. The van der Waals surface area contributed by atoms with Crippen LogP contribution < -0.4 is 17.0 Å². The molecule has 0 fully saturated rings. The van der Waals surface area contributed by atoms with Crippen molar-refractivity contribution in [2.45, 2.75) is 97.3 Å². The Hall–Kier alpha value is 0.110. The zero-order valence-corrected chi connectivity index (χ0v) is 18.7. The second-order valence-corrected chi connectivity index (χ2v) is 7.80. The quantitative estimate of drug-likeness (QED) is 0.200. The van der Waals surface area contributed by atoms with Crippen LogP contribution in [0.4, 0.5) is 0 Å². The van der Waals surface area contributed by atoms with Crippen LogP contribution in [0.3, 0.4) is 0 Å². The van der Waals surface area contributed by atoms with Crippen LogP contribution in [0.15, 0.2) is 4.99 Å². The highest BCUT2D eigenvalue weighted by Gasteiger charge is 2.13. The average Bonchev–Trinajstić information content (AvgIpc) is 2.52. The van der Waals surface area contributed by atoms with E-state index in [4.69, 9.17) is 0 Å². The van der Waals surface area contributed by atoms with Gasteiger partial charge in [0.1, 0.15) is 0 Å². The van der Waals surface area contributed by atoms with Gasteiger partial charge in [0.25, 0.3) is 0 Å². The maximum absolute atomic E-state index is 4.49. The lowest BCUT2D eigenvalue weighted by Gasteiger charge is -2.29. The minimum atomic E-state index is 0. The summed E-state index contributed by atoms with van der Waals surface area (Å²) in [4.78, 5) is 4.49. The van der Waals surface area contributed by atoms with Crippen molar-refractivity contribution in [2.75, 3.05) is 33.7 Å². The first-order valence-corrected chi connectivity index (χ1v) is 10.4. The van der Waals surface area contributed by atoms with E-state index in [2.05, 4.69) is 39.1 Å². The van der Waals surface area contributed by atoms with Gasteiger partial charge in [-0.15, -0.1) is 0 Å². The summed E-state index contributed by atoms with van der Waals surface area (Å²) >= 11 is 0. The maximum Gasteiger partial charge on any atom is 0.0800 e. The van der Waals surface area contributed by atoms with Gasteiger partial charge in [0.15, 0.2) is 0 Å². The third-order valence-corrected chi connectivity index (χ3v) is 4.71. The van der Waals surface area contributed by atoms with Gasteiger partial charge in [-0.3, -0.25) is 4.99 Å². The molecule has 2 nitrogen and oxygen atoms in total. The highest BCUT2D eigenvalue weighted by atomic mass is 79.9. The van der Waals surface area contributed by atoms with Crippen LogP contribution >= 0.6 is 0 Å². The van der Waals surface area contributed by atoms with Crippen molar-refractivity contribution in [3.8, 4) is 0 Å². The van der Waals surface area contributed by atoms with Crippen molar-refractivity contribution in [1.82, 2.24) is 0 Å². The molecule has 3 heteroatoms. The molecule has 0 bridgehead atoms. The second kappa shape index (κ2) is 19.4. The van der Waals surface area contributed by atoms with Crippen molar-refractivity contribution in [1.29, 1.82) is 0 Å². The van der Waals surface area contributed by atoms with Crippen LogP contribution in [0.2, 0.25) is 0 Å². The summed E-state index contributed by atoms with van der Waals surface area (Å²) in [5.74, 6) is 0. The van der Waals surface area contributed by atoms with Gasteiger partial charge in [-0.25, -0.2) is 0 Å². The van der Waals surface area contributed by atoms with E-state index in [0.717, 1.165) is 13.0 Å². The summed E-state index contributed by atoms with van der Waals surface area (Å²) in [7, 11) is 4.76. The SMILES string of the molecule is CCCC=NCCC[N+](C)(C)CCCCCCCCCCCC.[Br-]. The van der Waals surface area contributed by atoms with E-state index in [1.54, 1.807) is 0 Å². The minimum Gasteiger partial charge on any atom is -1.00 e. The molecular weight excluding hydrogens is 360 g/mol. The molecule has 0 radical (unpaired) electrons. The molecule has 0 rings (SSSR count). The van der Waals surface area contributed by atoms with Crippen molar-refractivity contribution in [3.63, 3.8) is 0 Å². The molecule has 0 unspecified atom stereocenters. The van der Waals surface area contributed by atoms with E-state index in [1.165, 1.54) is 94.6 Å². The van der Waals surface area contributed by atoms with Crippen molar-refractivity contribution < 1.29 is 21.5 Å². The lowest BCUT2D eigenvalue weighted by atomic mass is 10.1. The van der Waals surface area contributed by atoms with Crippen LogP contribution in [-0.2, 0) is 0 Å². The van der Waals surface area contributed by atoms with E-state index in [0.29, 0.717) is 0 Å². The van der Waals surface area contributed by atoms with Crippen LogP contribution in [0.5, 0.6) is 0 Å². The number of aliphatic imine (C=N–C) groups is 1. The van der Waals surface area contributed by atoms with Crippen molar-refractivity contribution in [3.05, 3.63) is 0 Å². The topological polar surface area (TPSA) is 12.4 Å². The molecule has 24 heavy (non-hydrogen) atoms. The molecule has 0 aromatic rings. The van der Waals surface area contributed by atoms with Gasteiger partial charge in [-0.05, 0) is 25.5 Å². The number of hydrogen-bond donors (Lipinski definition) is 0. The Morgan fingerprint density at radius 1 is 0.667 bits per heavy atom. The Labute approximate surface area is 163 Å². The van der Waals surface area contributed by atoms with Crippen LogP contribution in [0.1, 0.15) is 97.3 Å². The zero-order chi connectivity index (χ0) is 17.2. The minimum absolute atomic E-state index is 0. The molecule has 0 saturated carbocycles. The molecule has 0 aromatic carbocycles. The summed E-state index contributed by atoms with van der Waals surface area (Å²) in [5, 5.41) is 0. The number of halogens is 1. The molecule has 0 aliphatic carbocycles.